The van der Waals surface area contributed by atoms with Crippen molar-refractivity contribution in [1.82, 2.24) is 5.32 Å². The molecule has 0 aliphatic carbocycles. The van der Waals surface area contributed by atoms with E-state index in [2.05, 4.69) is 5.32 Å². The van der Waals surface area contributed by atoms with Crippen molar-refractivity contribution < 1.29 is 28.2 Å². The Labute approximate surface area is 149 Å². The Hall–Kier alpha value is -2.96. The second-order valence-electron chi connectivity index (χ2n) is 6.11. The SMILES string of the molecule is COc1cccc(C(C)(CC(=O)O)NC(=O)Cc2ccc(F)c(F)c2)c1. The highest BCUT2D eigenvalue weighted by molar-refractivity contribution is 5.80. The van der Waals surface area contributed by atoms with Crippen LogP contribution >= 0.6 is 0 Å². The fraction of sp³-hybridized carbons (Fsp3) is 0.263. The molecule has 2 N–H and O–H groups in total. The largest absolute Gasteiger partial charge is 0.497 e. The normalized spacial score (nSPS) is 12.9. The van der Waals surface area contributed by atoms with E-state index in [-0.39, 0.29) is 18.4 Å². The van der Waals surface area contributed by atoms with Gasteiger partial charge in [-0.2, -0.15) is 0 Å². The summed E-state index contributed by atoms with van der Waals surface area (Å²) >= 11 is 0. The molecule has 0 saturated heterocycles. The van der Waals surface area contributed by atoms with Crippen LogP contribution in [0.25, 0.3) is 0 Å². The first-order chi connectivity index (χ1) is 12.2. The minimum absolute atomic E-state index is 0.212. The number of benzene rings is 2. The number of aliphatic carboxylic acids is 1. The van der Waals surface area contributed by atoms with Gasteiger partial charge in [0.1, 0.15) is 5.75 Å². The summed E-state index contributed by atoms with van der Waals surface area (Å²) in [6, 6.07) is 9.90. The van der Waals surface area contributed by atoms with Crippen LogP contribution in [0.3, 0.4) is 0 Å². The summed E-state index contributed by atoms with van der Waals surface area (Å²) < 4.78 is 31.4. The predicted octanol–water partition coefficient (Wildman–Crippen LogP) is 3.02. The van der Waals surface area contributed by atoms with Gasteiger partial charge in [-0.1, -0.05) is 18.2 Å². The van der Waals surface area contributed by atoms with E-state index in [1.54, 1.807) is 31.2 Å². The predicted molar refractivity (Wildman–Crippen MR) is 90.8 cm³/mol. The van der Waals surface area contributed by atoms with Crippen molar-refractivity contribution in [3.05, 3.63) is 65.2 Å². The quantitative estimate of drug-likeness (QED) is 0.793. The minimum atomic E-state index is -1.20. The van der Waals surface area contributed by atoms with Crippen LogP contribution in [-0.2, 0) is 21.5 Å². The van der Waals surface area contributed by atoms with E-state index < -0.39 is 29.0 Å². The average molecular weight is 363 g/mol. The zero-order valence-corrected chi connectivity index (χ0v) is 14.4. The van der Waals surface area contributed by atoms with Gasteiger partial charge in [0.25, 0.3) is 0 Å². The van der Waals surface area contributed by atoms with Crippen LogP contribution in [0.4, 0.5) is 8.78 Å². The van der Waals surface area contributed by atoms with Gasteiger partial charge in [0, 0.05) is 0 Å². The Kier molecular flexibility index (Phi) is 5.92. The molecule has 2 aromatic carbocycles. The number of carboxylic acids is 1. The summed E-state index contributed by atoms with van der Waals surface area (Å²) in [5.74, 6) is -3.13. The fourth-order valence-electron chi connectivity index (χ4n) is 2.67. The molecule has 0 saturated carbocycles. The topological polar surface area (TPSA) is 75.6 Å². The summed E-state index contributed by atoms with van der Waals surface area (Å²) in [5.41, 5.74) is -0.363. The van der Waals surface area contributed by atoms with Crippen molar-refractivity contribution >= 4 is 11.9 Å². The first kappa shape index (κ1) is 19.4. The van der Waals surface area contributed by atoms with Crippen LogP contribution < -0.4 is 10.1 Å². The van der Waals surface area contributed by atoms with E-state index in [0.29, 0.717) is 11.3 Å². The second-order valence-corrected chi connectivity index (χ2v) is 6.11. The molecule has 2 rings (SSSR count). The maximum atomic E-state index is 13.3. The van der Waals surface area contributed by atoms with E-state index in [0.717, 1.165) is 12.1 Å². The zero-order chi connectivity index (χ0) is 19.3. The number of carbonyl (C=O) groups is 2. The van der Waals surface area contributed by atoms with Crippen molar-refractivity contribution in [3.8, 4) is 5.75 Å². The minimum Gasteiger partial charge on any atom is -0.497 e. The van der Waals surface area contributed by atoms with Crippen LogP contribution in [0.1, 0.15) is 24.5 Å². The Bertz CT molecular complexity index is 825. The molecule has 0 radical (unpaired) electrons. The lowest BCUT2D eigenvalue weighted by Gasteiger charge is -2.30. The molecule has 1 amide bonds. The third-order valence-electron chi connectivity index (χ3n) is 3.98. The van der Waals surface area contributed by atoms with Crippen molar-refractivity contribution in [1.29, 1.82) is 0 Å². The average Bonchev–Trinajstić information content (AvgIpc) is 2.57. The number of rotatable bonds is 7. The van der Waals surface area contributed by atoms with Crippen LogP contribution in [0.15, 0.2) is 42.5 Å². The van der Waals surface area contributed by atoms with Gasteiger partial charge in [-0.3, -0.25) is 9.59 Å². The first-order valence-electron chi connectivity index (χ1n) is 7.85. The highest BCUT2D eigenvalue weighted by Crippen LogP contribution is 2.28. The highest BCUT2D eigenvalue weighted by atomic mass is 19.2. The van der Waals surface area contributed by atoms with Crippen molar-refractivity contribution in [2.45, 2.75) is 25.3 Å². The van der Waals surface area contributed by atoms with Gasteiger partial charge in [-0.05, 0) is 42.3 Å². The number of hydrogen-bond acceptors (Lipinski definition) is 3. The van der Waals surface area contributed by atoms with Gasteiger partial charge >= 0.3 is 5.97 Å². The number of nitrogens with one attached hydrogen (secondary N) is 1. The Morgan fingerprint density at radius 2 is 1.88 bits per heavy atom. The van der Waals surface area contributed by atoms with E-state index in [4.69, 9.17) is 4.74 Å². The molecule has 0 heterocycles. The number of amides is 1. The van der Waals surface area contributed by atoms with Crippen molar-refractivity contribution in [3.63, 3.8) is 0 Å². The van der Waals surface area contributed by atoms with Gasteiger partial charge in [0.05, 0.1) is 25.5 Å². The lowest BCUT2D eigenvalue weighted by molar-refractivity contribution is -0.139. The maximum Gasteiger partial charge on any atom is 0.306 e. The summed E-state index contributed by atoms with van der Waals surface area (Å²) in [5, 5.41) is 11.9. The lowest BCUT2D eigenvalue weighted by atomic mass is 9.88. The maximum absolute atomic E-state index is 13.3. The summed E-state index contributed by atoms with van der Waals surface area (Å²) in [6.45, 7) is 1.58. The van der Waals surface area contributed by atoms with Gasteiger partial charge in [0.2, 0.25) is 5.91 Å². The number of carbonyl (C=O) groups excluding carboxylic acids is 1. The number of methoxy groups -OCH3 is 1. The van der Waals surface area contributed by atoms with Crippen LogP contribution in [-0.4, -0.2) is 24.1 Å². The molecule has 5 nitrogen and oxygen atoms in total. The van der Waals surface area contributed by atoms with Crippen LogP contribution in [0.5, 0.6) is 5.75 Å². The highest BCUT2D eigenvalue weighted by Gasteiger charge is 2.32. The summed E-state index contributed by atoms with van der Waals surface area (Å²) in [7, 11) is 1.48. The number of ether oxygens (including phenoxy) is 1. The molecule has 138 valence electrons. The van der Waals surface area contributed by atoms with Crippen molar-refractivity contribution in [2.75, 3.05) is 7.11 Å². The molecule has 1 unspecified atom stereocenters. The van der Waals surface area contributed by atoms with Gasteiger partial charge < -0.3 is 15.2 Å². The van der Waals surface area contributed by atoms with E-state index >= 15 is 0 Å². The molecule has 2 aromatic rings. The number of carboxylic acid groups (broad SMARTS) is 1. The molecule has 26 heavy (non-hydrogen) atoms. The summed E-state index contributed by atoms with van der Waals surface area (Å²) in [6.07, 6.45) is -0.569. The molecule has 0 bridgehead atoms. The molecule has 0 aliphatic rings. The third kappa shape index (κ3) is 4.78. The van der Waals surface area contributed by atoms with Gasteiger partial charge in [-0.15, -0.1) is 0 Å². The monoisotopic (exact) mass is 363 g/mol. The van der Waals surface area contributed by atoms with Crippen molar-refractivity contribution in [2.24, 2.45) is 0 Å². The van der Waals surface area contributed by atoms with Gasteiger partial charge in [0.15, 0.2) is 11.6 Å². The Morgan fingerprint density at radius 1 is 1.15 bits per heavy atom. The van der Waals surface area contributed by atoms with Crippen LogP contribution in [0.2, 0.25) is 0 Å². The van der Waals surface area contributed by atoms with E-state index in [1.807, 2.05) is 0 Å². The molecular formula is C19H19F2NO4. The molecule has 1 atom stereocenters. The smallest absolute Gasteiger partial charge is 0.306 e. The van der Waals surface area contributed by atoms with E-state index in [9.17, 15) is 23.5 Å². The molecule has 0 aliphatic heterocycles. The first-order valence-corrected chi connectivity index (χ1v) is 7.85. The molecule has 0 aromatic heterocycles. The Morgan fingerprint density at radius 3 is 2.50 bits per heavy atom. The summed E-state index contributed by atoms with van der Waals surface area (Å²) in [4.78, 5) is 23.7. The molecule has 0 spiro atoms. The van der Waals surface area contributed by atoms with E-state index in [1.165, 1.54) is 13.2 Å². The Balaban J connectivity index is 2.24. The second kappa shape index (κ2) is 7.95. The molecule has 0 fully saturated rings. The van der Waals surface area contributed by atoms with Gasteiger partial charge in [-0.25, -0.2) is 8.78 Å². The van der Waals surface area contributed by atoms with Crippen LogP contribution in [0, 0.1) is 11.6 Å². The third-order valence-corrected chi connectivity index (χ3v) is 3.98. The molecular weight excluding hydrogens is 344 g/mol. The number of halogens is 2. The molecule has 7 heteroatoms. The number of hydrogen-bond donors (Lipinski definition) is 2. The zero-order valence-electron chi connectivity index (χ0n) is 14.4. The fourth-order valence-corrected chi connectivity index (χ4v) is 2.67. The standard InChI is InChI=1S/C19H19F2NO4/c1-19(11-18(24)25,13-4-3-5-14(10-13)26-2)22-17(23)9-12-6-7-15(20)16(21)8-12/h3-8,10H,9,11H2,1-2H3,(H,22,23)(H,24,25). The lowest BCUT2D eigenvalue weighted by Crippen LogP contribution is -2.45.